The number of carbonyl (C=O) groups is 3. The molecule has 1 aromatic heterocycles. The third-order valence-corrected chi connectivity index (χ3v) is 3.38. The van der Waals surface area contributed by atoms with E-state index in [0.29, 0.717) is 0 Å². The Morgan fingerprint density at radius 3 is 2.45 bits per heavy atom. The number of nitrogens with one attached hydrogen (secondary N) is 2. The third-order valence-electron chi connectivity index (χ3n) is 3.38. The summed E-state index contributed by atoms with van der Waals surface area (Å²) in [7, 11) is 0. The molecule has 0 radical (unpaired) electrons. The lowest BCUT2D eigenvalue weighted by Gasteiger charge is -2.38. The lowest BCUT2D eigenvalue weighted by Crippen LogP contribution is -2.58. The highest BCUT2D eigenvalue weighted by atomic mass is 16.4. The van der Waals surface area contributed by atoms with Gasteiger partial charge in [0, 0.05) is 17.9 Å². The molecular weight excluding hydrogens is 290 g/mol. The van der Waals surface area contributed by atoms with Crippen LogP contribution in [0, 0.1) is 0 Å². The van der Waals surface area contributed by atoms with Gasteiger partial charge in [0.05, 0.1) is 18.4 Å². The zero-order valence-electron chi connectivity index (χ0n) is 12.5. The molecule has 1 saturated heterocycles. The van der Waals surface area contributed by atoms with Crippen LogP contribution in [0.4, 0.5) is 9.59 Å². The molecule has 0 saturated carbocycles. The Hall–Kier alpha value is -2.71. The Balaban J connectivity index is 2.49. The normalized spacial score (nSPS) is 21.2. The van der Waals surface area contributed by atoms with E-state index in [-0.39, 0.29) is 12.2 Å². The number of hydrogen-bond donors (Lipinski definition) is 3. The summed E-state index contributed by atoms with van der Waals surface area (Å²) in [6.45, 7) is 4.81. The number of carboxylic acid groups (broad SMARTS) is 1. The van der Waals surface area contributed by atoms with Crippen LogP contribution < -0.4 is 10.6 Å². The van der Waals surface area contributed by atoms with Crippen molar-refractivity contribution < 1.29 is 19.5 Å². The van der Waals surface area contributed by atoms with Crippen LogP contribution in [0.15, 0.2) is 18.6 Å². The van der Waals surface area contributed by atoms with Gasteiger partial charge in [0.2, 0.25) is 0 Å². The Morgan fingerprint density at radius 1 is 1.36 bits per heavy atom. The minimum absolute atomic E-state index is 0.175. The van der Waals surface area contributed by atoms with Crippen molar-refractivity contribution >= 4 is 18.0 Å². The molecule has 118 valence electrons. The van der Waals surface area contributed by atoms with Gasteiger partial charge in [-0.15, -0.1) is 0 Å². The Kier molecular flexibility index (Phi) is 3.74. The van der Waals surface area contributed by atoms with Crippen molar-refractivity contribution in [1.82, 2.24) is 25.5 Å². The van der Waals surface area contributed by atoms with Gasteiger partial charge in [0.25, 0.3) is 5.91 Å². The lowest BCUT2D eigenvalue weighted by atomic mass is 9.92. The van der Waals surface area contributed by atoms with Crippen molar-refractivity contribution in [2.75, 3.05) is 6.54 Å². The van der Waals surface area contributed by atoms with Gasteiger partial charge in [-0.1, -0.05) is 0 Å². The van der Waals surface area contributed by atoms with Crippen molar-refractivity contribution in [3.63, 3.8) is 0 Å². The van der Waals surface area contributed by atoms with Gasteiger partial charge in [-0.2, -0.15) is 0 Å². The predicted octanol–water partition coefficient (Wildman–Crippen LogP) is 0.290. The number of nitrogens with zero attached hydrogens (tertiary/aromatic N) is 3. The van der Waals surface area contributed by atoms with E-state index in [1.807, 2.05) is 0 Å². The average molecular weight is 307 g/mol. The lowest BCUT2D eigenvalue weighted by molar-refractivity contribution is -0.125. The molecule has 3 N–H and O–H groups in total. The largest absolute Gasteiger partial charge is 0.465 e. The van der Waals surface area contributed by atoms with Gasteiger partial charge >= 0.3 is 12.1 Å². The van der Waals surface area contributed by atoms with Gasteiger partial charge in [0.1, 0.15) is 0 Å². The minimum atomic E-state index is -1.60. The van der Waals surface area contributed by atoms with Crippen LogP contribution in [0.3, 0.4) is 0 Å². The third kappa shape index (κ3) is 2.69. The smallest absolute Gasteiger partial charge is 0.407 e. The summed E-state index contributed by atoms with van der Waals surface area (Å²) in [6.07, 6.45) is 2.92. The Morgan fingerprint density at radius 2 is 2.05 bits per heavy atom. The summed E-state index contributed by atoms with van der Waals surface area (Å²) < 4.78 is 0. The van der Waals surface area contributed by atoms with Gasteiger partial charge in [-0.05, 0) is 20.8 Å². The molecule has 0 unspecified atom stereocenters. The first-order valence-electron chi connectivity index (χ1n) is 6.57. The molecule has 1 aliphatic rings. The maximum Gasteiger partial charge on any atom is 0.407 e. The van der Waals surface area contributed by atoms with Crippen LogP contribution in [0.1, 0.15) is 26.5 Å². The molecule has 2 rings (SSSR count). The molecule has 2 heterocycles. The van der Waals surface area contributed by atoms with Crippen molar-refractivity contribution in [3.05, 3.63) is 24.3 Å². The van der Waals surface area contributed by atoms with E-state index in [0.717, 1.165) is 4.90 Å². The molecule has 22 heavy (non-hydrogen) atoms. The van der Waals surface area contributed by atoms with Gasteiger partial charge in [-0.25, -0.2) is 9.59 Å². The second-order valence-corrected chi connectivity index (χ2v) is 5.94. The van der Waals surface area contributed by atoms with Gasteiger partial charge in [-0.3, -0.25) is 20.1 Å². The molecule has 4 amide bonds. The van der Waals surface area contributed by atoms with Crippen LogP contribution in [0.5, 0.6) is 0 Å². The topological polar surface area (TPSA) is 125 Å². The van der Waals surface area contributed by atoms with Crippen LogP contribution in [-0.4, -0.2) is 50.1 Å². The van der Waals surface area contributed by atoms with E-state index in [9.17, 15) is 19.5 Å². The first-order valence-corrected chi connectivity index (χ1v) is 6.57. The first-order chi connectivity index (χ1) is 10.2. The van der Waals surface area contributed by atoms with E-state index in [1.165, 1.54) is 18.6 Å². The minimum Gasteiger partial charge on any atom is -0.465 e. The van der Waals surface area contributed by atoms with Gasteiger partial charge in [0.15, 0.2) is 5.54 Å². The maximum atomic E-state index is 12.3. The van der Waals surface area contributed by atoms with Crippen molar-refractivity contribution in [2.45, 2.75) is 31.8 Å². The fourth-order valence-corrected chi connectivity index (χ4v) is 2.21. The second-order valence-electron chi connectivity index (χ2n) is 5.94. The van der Waals surface area contributed by atoms with Crippen LogP contribution >= 0.6 is 0 Å². The maximum absolute atomic E-state index is 12.3. The van der Waals surface area contributed by atoms with E-state index >= 15 is 0 Å². The number of hydrogen-bond acceptors (Lipinski definition) is 5. The second kappa shape index (κ2) is 5.24. The summed E-state index contributed by atoms with van der Waals surface area (Å²) in [5.41, 5.74) is -2.19. The molecule has 9 nitrogen and oxygen atoms in total. The highest BCUT2D eigenvalue weighted by Crippen LogP contribution is 2.27. The SMILES string of the molecule is CC(C)(C)N(C[C@]1(c2cnccn2)NC(=O)NC1=O)C(=O)O. The number of aromatic nitrogens is 2. The molecule has 0 aromatic carbocycles. The van der Waals surface area contributed by atoms with Gasteiger partial charge < -0.3 is 15.3 Å². The highest BCUT2D eigenvalue weighted by molar-refractivity contribution is 6.07. The molecule has 0 bridgehead atoms. The van der Waals surface area contributed by atoms with Crippen LogP contribution in [0.2, 0.25) is 0 Å². The standard InChI is InChI=1S/C13H17N5O4/c1-12(2,3)18(11(21)22)7-13(8-6-14-4-5-15-8)9(19)16-10(20)17-13/h4-6H,7H2,1-3H3,(H,21,22)(H2,16,17,19,20)/t13-/m1/s1. The average Bonchev–Trinajstić information content (AvgIpc) is 2.71. The summed E-state index contributed by atoms with van der Waals surface area (Å²) in [5.74, 6) is -0.659. The molecule has 1 fully saturated rings. The van der Waals surface area contributed by atoms with E-state index in [4.69, 9.17) is 0 Å². The molecule has 1 atom stereocenters. The molecule has 0 aliphatic carbocycles. The van der Waals surface area contributed by atoms with Crippen molar-refractivity contribution in [1.29, 1.82) is 0 Å². The fourth-order valence-electron chi connectivity index (χ4n) is 2.21. The predicted molar refractivity (Wildman–Crippen MR) is 74.9 cm³/mol. The van der Waals surface area contributed by atoms with E-state index < -0.39 is 29.1 Å². The molecule has 0 spiro atoms. The quantitative estimate of drug-likeness (QED) is 0.689. The summed E-state index contributed by atoms with van der Waals surface area (Å²) >= 11 is 0. The number of carbonyl (C=O) groups excluding carboxylic acids is 2. The molecule has 1 aliphatic heterocycles. The summed E-state index contributed by atoms with van der Waals surface area (Å²) in [5, 5.41) is 14.0. The Bertz CT molecular complexity index is 613. The zero-order valence-corrected chi connectivity index (χ0v) is 12.5. The fraction of sp³-hybridized carbons (Fsp3) is 0.462. The first kappa shape index (κ1) is 15.7. The van der Waals surface area contributed by atoms with Crippen LogP contribution in [-0.2, 0) is 10.3 Å². The van der Waals surface area contributed by atoms with Crippen LogP contribution in [0.25, 0.3) is 0 Å². The number of imide groups is 1. The van der Waals surface area contributed by atoms with E-state index in [2.05, 4.69) is 20.6 Å². The van der Waals surface area contributed by atoms with Crippen molar-refractivity contribution in [3.8, 4) is 0 Å². The summed E-state index contributed by atoms with van der Waals surface area (Å²) in [6, 6.07) is -0.699. The Labute approximate surface area is 126 Å². The molecular formula is C13H17N5O4. The zero-order chi connectivity index (χ0) is 16.5. The molecule has 9 heteroatoms. The van der Waals surface area contributed by atoms with E-state index in [1.54, 1.807) is 20.8 Å². The monoisotopic (exact) mass is 307 g/mol. The molecule has 1 aromatic rings. The highest BCUT2D eigenvalue weighted by Gasteiger charge is 2.52. The number of amides is 4. The summed E-state index contributed by atoms with van der Waals surface area (Å²) in [4.78, 5) is 44.5. The van der Waals surface area contributed by atoms with Crippen molar-refractivity contribution in [2.24, 2.45) is 0 Å². The number of urea groups is 1. The number of rotatable bonds is 3.